The fourth-order valence-corrected chi connectivity index (χ4v) is 2.38. The van der Waals surface area contributed by atoms with E-state index in [9.17, 15) is 13.2 Å². The lowest BCUT2D eigenvalue weighted by Gasteiger charge is -2.19. The van der Waals surface area contributed by atoms with Crippen molar-refractivity contribution < 1.29 is 22.6 Å². The van der Waals surface area contributed by atoms with Gasteiger partial charge in [-0.2, -0.15) is 0 Å². The van der Waals surface area contributed by atoms with E-state index in [0.717, 1.165) is 27.7 Å². The van der Waals surface area contributed by atoms with Crippen LogP contribution in [-0.4, -0.2) is 38.8 Å². The molecule has 0 amide bonds. The summed E-state index contributed by atoms with van der Waals surface area (Å²) in [6.45, 7) is 4.08. The van der Waals surface area contributed by atoms with Crippen molar-refractivity contribution in [2.24, 2.45) is 0 Å². The third kappa shape index (κ3) is 7.83. The van der Waals surface area contributed by atoms with E-state index in [2.05, 4.69) is 31.9 Å². The lowest BCUT2D eigenvalue weighted by Crippen LogP contribution is -2.35. The Morgan fingerprint density at radius 1 is 1.05 bits per heavy atom. The van der Waals surface area contributed by atoms with Crippen molar-refractivity contribution in [3.63, 3.8) is 0 Å². The van der Waals surface area contributed by atoms with Gasteiger partial charge in [-0.25, -0.2) is 13.2 Å². The zero-order valence-electron chi connectivity index (χ0n) is 12.9. The molecule has 0 heterocycles. The fourth-order valence-electron chi connectivity index (χ4n) is 1.24. The van der Waals surface area contributed by atoms with Gasteiger partial charge in [0.2, 0.25) is 5.67 Å². The predicted octanol–water partition coefficient (Wildman–Crippen LogP) is 5.59. The predicted molar refractivity (Wildman–Crippen MR) is 90.0 cm³/mol. The standard InChI is InChI=1S/C11H11Br2F3O.C4H10O/c1-7-9(12)2-8(3-10(7)13)17-6-11(16,4-14)5-15;1-3-5-4-2/h2-3H,4-6H2,1H3;3-4H2,1-2H3. The minimum Gasteiger partial charge on any atom is -0.490 e. The van der Waals surface area contributed by atoms with E-state index in [4.69, 9.17) is 9.47 Å². The molecular weight excluding hydrogens is 429 g/mol. The molecule has 0 aliphatic heterocycles. The molecule has 2 nitrogen and oxygen atoms in total. The monoisotopic (exact) mass is 448 g/mol. The smallest absolute Gasteiger partial charge is 0.200 e. The Bertz CT molecular complexity index is 416. The first kappa shape index (κ1) is 21.7. The first-order valence-electron chi connectivity index (χ1n) is 6.80. The molecule has 0 aliphatic carbocycles. The van der Waals surface area contributed by atoms with Gasteiger partial charge >= 0.3 is 0 Å². The van der Waals surface area contributed by atoms with Crippen molar-refractivity contribution in [3.05, 3.63) is 26.6 Å². The number of hydrogen-bond donors (Lipinski definition) is 0. The quantitative estimate of drug-likeness (QED) is 0.540. The summed E-state index contributed by atoms with van der Waals surface area (Å²) in [7, 11) is 0. The molecule has 0 saturated carbocycles. The summed E-state index contributed by atoms with van der Waals surface area (Å²) in [5, 5.41) is 0. The lowest BCUT2D eigenvalue weighted by molar-refractivity contribution is 0.0350. The van der Waals surface area contributed by atoms with Gasteiger partial charge in [0.05, 0.1) is 0 Å². The number of benzene rings is 1. The summed E-state index contributed by atoms with van der Waals surface area (Å²) in [6, 6.07) is 3.24. The first-order valence-corrected chi connectivity index (χ1v) is 8.39. The van der Waals surface area contributed by atoms with Gasteiger partial charge in [-0.3, -0.25) is 0 Å². The van der Waals surface area contributed by atoms with Crippen molar-refractivity contribution in [2.45, 2.75) is 26.4 Å². The first-order chi connectivity index (χ1) is 10.3. The van der Waals surface area contributed by atoms with Crippen molar-refractivity contribution in [2.75, 3.05) is 33.2 Å². The maximum absolute atomic E-state index is 13.3. The molecule has 0 aliphatic rings. The largest absolute Gasteiger partial charge is 0.490 e. The summed E-state index contributed by atoms with van der Waals surface area (Å²) in [6.07, 6.45) is 0. The topological polar surface area (TPSA) is 18.5 Å². The van der Waals surface area contributed by atoms with Crippen molar-refractivity contribution in [3.8, 4) is 5.75 Å². The highest BCUT2D eigenvalue weighted by atomic mass is 79.9. The number of ether oxygens (including phenoxy) is 2. The van der Waals surface area contributed by atoms with E-state index in [-0.39, 0.29) is 0 Å². The van der Waals surface area contributed by atoms with Gasteiger partial charge in [0.15, 0.2) is 0 Å². The van der Waals surface area contributed by atoms with Crippen LogP contribution >= 0.6 is 31.9 Å². The molecule has 1 rings (SSSR count). The van der Waals surface area contributed by atoms with Gasteiger partial charge in [0.1, 0.15) is 25.7 Å². The molecule has 0 spiro atoms. The molecule has 1 aromatic rings. The van der Waals surface area contributed by atoms with E-state index < -0.39 is 25.6 Å². The van der Waals surface area contributed by atoms with Crippen LogP contribution in [0, 0.1) is 6.92 Å². The summed E-state index contributed by atoms with van der Waals surface area (Å²) in [5.74, 6) is 0.346. The highest BCUT2D eigenvalue weighted by molar-refractivity contribution is 9.11. The highest BCUT2D eigenvalue weighted by Gasteiger charge is 2.31. The van der Waals surface area contributed by atoms with Crippen molar-refractivity contribution in [1.29, 1.82) is 0 Å². The Morgan fingerprint density at radius 2 is 1.50 bits per heavy atom. The van der Waals surface area contributed by atoms with Crippen molar-refractivity contribution in [1.82, 2.24) is 0 Å². The number of hydrogen-bond acceptors (Lipinski definition) is 2. The maximum Gasteiger partial charge on any atom is 0.200 e. The van der Waals surface area contributed by atoms with Crippen LogP contribution in [0.3, 0.4) is 0 Å². The lowest BCUT2D eigenvalue weighted by atomic mass is 10.1. The van der Waals surface area contributed by atoms with Crippen LogP contribution in [0.4, 0.5) is 13.2 Å². The molecule has 0 saturated heterocycles. The average Bonchev–Trinajstić information content (AvgIpc) is 2.51. The number of alkyl halides is 3. The number of halogens is 5. The molecule has 0 fully saturated rings. The molecule has 0 N–H and O–H groups in total. The van der Waals surface area contributed by atoms with Crippen LogP contribution in [0.25, 0.3) is 0 Å². The van der Waals surface area contributed by atoms with E-state index in [1.807, 2.05) is 20.8 Å². The second-order valence-corrected chi connectivity index (χ2v) is 6.21. The van der Waals surface area contributed by atoms with Gasteiger partial charge in [-0.1, -0.05) is 31.9 Å². The highest BCUT2D eigenvalue weighted by Crippen LogP contribution is 2.30. The summed E-state index contributed by atoms with van der Waals surface area (Å²) < 4.78 is 49.3. The molecule has 0 radical (unpaired) electrons. The fraction of sp³-hybridized carbons (Fsp3) is 0.600. The summed E-state index contributed by atoms with van der Waals surface area (Å²) in [4.78, 5) is 0. The second kappa shape index (κ2) is 11.3. The summed E-state index contributed by atoms with van der Waals surface area (Å²) >= 11 is 6.60. The zero-order valence-corrected chi connectivity index (χ0v) is 16.1. The van der Waals surface area contributed by atoms with E-state index >= 15 is 0 Å². The van der Waals surface area contributed by atoms with Crippen LogP contribution in [0.5, 0.6) is 5.75 Å². The average molecular weight is 450 g/mol. The van der Waals surface area contributed by atoms with Gasteiger partial charge < -0.3 is 9.47 Å². The third-order valence-corrected chi connectivity index (χ3v) is 4.29. The zero-order chi connectivity index (χ0) is 17.2. The van der Waals surface area contributed by atoms with Gasteiger partial charge in [-0.05, 0) is 38.5 Å². The molecule has 128 valence electrons. The third-order valence-electron chi connectivity index (χ3n) is 2.64. The summed E-state index contributed by atoms with van der Waals surface area (Å²) in [5.41, 5.74) is -1.61. The van der Waals surface area contributed by atoms with E-state index in [1.165, 1.54) is 0 Å². The Balaban J connectivity index is 0.000000763. The molecule has 22 heavy (non-hydrogen) atoms. The van der Waals surface area contributed by atoms with Gasteiger partial charge in [0.25, 0.3) is 0 Å². The minimum absolute atomic E-state index is 0.346. The van der Waals surface area contributed by atoms with Crippen molar-refractivity contribution >= 4 is 31.9 Å². The number of rotatable bonds is 7. The molecule has 0 unspecified atom stereocenters. The Morgan fingerprint density at radius 3 is 1.82 bits per heavy atom. The van der Waals surface area contributed by atoms with Crippen LogP contribution < -0.4 is 4.74 Å². The van der Waals surface area contributed by atoms with Crippen LogP contribution in [-0.2, 0) is 4.74 Å². The molecule has 0 bridgehead atoms. The minimum atomic E-state index is -2.57. The van der Waals surface area contributed by atoms with Crippen LogP contribution in [0.1, 0.15) is 19.4 Å². The van der Waals surface area contributed by atoms with Crippen LogP contribution in [0.2, 0.25) is 0 Å². The molecule has 0 aromatic heterocycles. The van der Waals surface area contributed by atoms with E-state index in [0.29, 0.717) is 5.75 Å². The molecule has 1 aromatic carbocycles. The molecule has 7 heteroatoms. The van der Waals surface area contributed by atoms with E-state index in [1.54, 1.807) is 12.1 Å². The Hall–Kier alpha value is -0.270. The maximum atomic E-state index is 13.3. The van der Waals surface area contributed by atoms with Crippen LogP contribution in [0.15, 0.2) is 21.1 Å². The normalized spacial score (nSPS) is 10.9. The van der Waals surface area contributed by atoms with Gasteiger partial charge in [-0.15, -0.1) is 0 Å². The SMILES string of the molecule is CCOCC.Cc1c(Br)cc(OCC(F)(CF)CF)cc1Br. The Kier molecular flexibility index (Phi) is 11.2. The second-order valence-electron chi connectivity index (χ2n) is 4.50. The Labute approximate surface area is 146 Å². The molecular formula is C15H21Br2F3O2. The van der Waals surface area contributed by atoms with Gasteiger partial charge in [0, 0.05) is 22.2 Å². The molecule has 0 atom stereocenters.